The van der Waals surface area contributed by atoms with Gasteiger partial charge in [-0.2, -0.15) is 0 Å². The van der Waals surface area contributed by atoms with Crippen molar-refractivity contribution in [1.82, 2.24) is 14.8 Å². The van der Waals surface area contributed by atoms with Gasteiger partial charge in [0.1, 0.15) is 0 Å². The number of ether oxygens (including phenoxy) is 1. The number of rotatable bonds is 4. The Labute approximate surface area is 160 Å². The molecule has 1 aromatic heterocycles. The quantitative estimate of drug-likeness (QED) is 0.804. The van der Waals surface area contributed by atoms with Gasteiger partial charge in [-0.3, -0.25) is 9.69 Å². The minimum absolute atomic E-state index is 0.139. The van der Waals surface area contributed by atoms with Gasteiger partial charge >= 0.3 is 0 Å². The Morgan fingerprint density at radius 1 is 1.23 bits per heavy atom. The van der Waals surface area contributed by atoms with Crippen molar-refractivity contribution in [2.45, 2.75) is 45.7 Å². The largest absolute Gasteiger partial charge is 0.378 e. The maximum absolute atomic E-state index is 13.1. The van der Waals surface area contributed by atoms with Crippen molar-refractivity contribution in [3.05, 3.63) is 11.1 Å². The van der Waals surface area contributed by atoms with Crippen LogP contribution < -0.4 is 4.90 Å². The lowest BCUT2D eigenvalue weighted by Crippen LogP contribution is -2.52. The number of anilines is 1. The Morgan fingerprint density at radius 3 is 2.81 bits per heavy atom. The van der Waals surface area contributed by atoms with Crippen LogP contribution in [0.15, 0.2) is 6.20 Å². The van der Waals surface area contributed by atoms with Gasteiger partial charge in [-0.05, 0) is 39.7 Å². The smallest absolute Gasteiger partial charge is 0.230 e. The Morgan fingerprint density at radius 2 is 2.04 bits per heavy atom. The lowest BCUT2D eigenvalue weighted by Gasteiger charge is -2.41. The Hall–Kier alpha value is -1.18. The zero-order valence-corrected chi connectivity index (χ0v) is 16.8. The van der Waals surface area contributed by atoms with Gasteiger partial charge in [0.2, 0.25) is 5.91 Å². The number of hydrogen-bond acceptors (Lipinski definition) is 6. The molecule has 0 saturated carbocycles. The maximum Gasteiger partial charge on any atom is 0.230 e. The van der Waals surface area contributed by atoms with Gasteiger partial charge in [0.05, 0.1) is 18.6 Å². The molecule has 1 aromatic rings. The fraction of sp³-hybridized carbons (Fsp3) is 0.789. The van der Waals surface area contributed by atoms with Crippen LogP contribution in [0.25, 0.3) is 0 Å². The Balaban J connectivity index is 1.38. The van der Waals surface area contributed by atoms with Crippen LogP contribution in [-0.4, -0.2) is 72.7 Å². The molecule has 3 aliphatic rings. The van der Waals surface area contributed by atoms with Crippen LogP contribution >= 0.6 is 11.3 Å². The van der Waals surface area contributed by atoms with Gasteiger partial charge in [-0.25, -0.2) is 4.98 Å². The zero-order valence-electron chi connectivity index (χ0n) is 15.9. The minimum Gasteiger partial charge on any atom is -0.378 e. The molecule has 0 N–H and O–H groups in total. The molecular weight excluding hydrogens is 348 g/mol. The molecule has 0 radical (unpaired) electrons. The van der Waals surface area contributed by atoms with Crippen LogP contribution in [0.2, 0.25) is 0 Å². The van der Waals surface area contributed by atoms with Crippen molar-refractivity contribution < 1.29 is 9.53 Å². The van der Waals surface area contributed by atoms with Gasteiger partial charge in [-0.1, -0.05) is 0 Å². The summed E-state index contributed by atoms with van der Waals surface area (Å²) >= 11 is 1.79. The molecule has 7 heteroatoms. The van der Waals surface area contributed by atoms with E-state index in [0.717, 1.165) is 76.9 Å². The van der Waals surface area contributed by atoms with E-state index in [0.29, 0.717) is 11.9 Å². The molecule has 3 aliphatic heterocycles. The summed E-state index contributed by atoms with van der Waals surface area (Å²) in [7, 11) is 0. The number of likely N-dealkylation sites (tertiary alicyclic amines) is 2. The van der Waals surface area contributed by atoms with Crippen LogP contribution in [0.4, 0.5) is 5.13 Å². The van der Waals surface area contributed by atoms with Crippen molar-refractivity contribution in [2.75, 3.05) is 50.8 Å². The fourth-order valence-corrected chi connectivity index (χ4v) is 5.56. The second-order valence-corrected chi connectivity index (χ2v) is 9.24. The molecule has 26 heavy (non-hydrogen) atoms. The van der Waals surface area contributed by atoms with Gasteiger partial charge in [0.15, 0.2) is 5.13 Å². The highest BCUT2D eigenvalue weighted by molar-refractivity contribution is 7.15. The minimum atomic E-state index is -0.139. The van der Waals surface area contributed by atoms with Gasteiger partial charge in [0.25, 0.3) is 0 Å². The van der Waals surface area contributed by atoms with E-state index in [1.165, 1.54) is 4.88 Å². The molecule has 1 unspecified atom stereocenters. The third-order valence-electron chi connectivity index (χ3n) is 6.03. The average molecular weight is 379 g/mol. The molecule has 1 atom stereocenters. The molecular formula is C19H30N4O2S. The summed E-state index contributed by atoms with van der Waals surface area (Å²) in [6.45, 7) is 11.5. The predicted molar refractivity (Wildman–Crippen MR) is 104 cm³/mol. The lowest BCUT2D eigenvalue weighted by atomic mass is 9.78. The number of morpholine rings is 1. The van der Waals surface area contributed by atoms with Crippen LogP contribution in [0.5, 0.6) is 0 Å². The molecule has 1 amide bonds. The first kappa shape index (κ1) is 18.2. The second kappa shape index (κ2) is 7.44. The summed E-state index contributed by atoms with van der Waals surface area (Å²) in [5.74, 6) is 0.388. The molecule has 144 valence electrons. The summed E-state index contributed by atoms with van der Waals surface area (Å²) in [6, 6.07) is 0.311. The normalized spacial score (nSPS) is 27.9. The molecule has 6 nitrogen and oxygen atoms in total. The Kier molecular flexibility index (Phi) is 5.21. The first-order valence-corrected chi connectivity index (χ1v) is 10.7. The van der Waals surface area contributed by atoms with Crippen molar-refractivity contribution in [3.8, 4) is 0 Å². The van der Waals surface area contributed by atoms with Crippen molar-refractivity contribution in [3.63, 3.8) is 0 Å². The van der Waals surface area contributed by atoms with Gasteiger partial charge in [0, 0.05) is 49.8 Å². The van der Waals surface area contributed by atoms with Crippen molar-refractivity contribution in [2.24, 2.45) is 5.41 Å². The summed E-state index contributed by atoms with van der Waals surface area (Å²) in [6.07, 6.45) is 5.21. The van der Waals surface area contributed by atoms with E-state index in [1.807, 2.05) is 6.20 Å². The monoisotopic (exact) mass is 378 g/mol. The highest BCUT2D eigenvalue weighted by Crippen LogP contribution is 2.41. The molecule has 1 spiro atoms. The van der Waals surface area contributed by atoms with Crippen LogP contribution in [-0.2, 0) is 16.1 Å². The van der Waals surface area contributed by atoms with E-state index < -0.39 is 0 Å². The van der Waals surface area contributed by atoms with Crippen LogP contribution in [0.3, 0.4) is 0 Å². The van der Waals surface area contributed by atoms with E-state index in [1.54, 1.807) is 11.3 Å². The number of nitrogens with zero attached hydrogens (tertiary/aromatic N) is 4. The SMILES string of the molecule is CC(C)N1CCCC2(CCN(Cc3cnc(N4CCOCC4)s3)C2)C1=O. The number of carbonyl (C=O) groups is 1. The molecule has 0 bridgehead atoms. The van der Waals surface area contributed by atoms with Crippen LogP contribution in [0, 0.1) is 5.41 Å². The summed E-state index contributed by atoms with van der Waals surface area (Å²) < 4.78 is 5.43. The van der Waals surface area contributed by atoms with Crippen molar-refractivity contribution >= 4 is 22.4 Å². The number of aromatic nitrogens is 1. The number of amides is 1. The average Bonchev–Trinajstić information content (AvgIpc) is 3.26. The first-order valence-electron chi connectivity index (χ1n) is 9.88. The molecule has 4 rings (SSSR count). The number of piperidine rings is 1. The highest BCUT2D eigenvalue weighted by atomic mass is 32.1. The highest BCUT2D eigenvalue weighted by Gasteiger charge is 2.48. The molecule has 4 heterocycles. The van der Waals surface area contributed by atoms with E-state index in [-0.39, 0.29) is 5.41 Å². The van der Waals surface area contributed by atoms with Gasteiger partial charge in [-0.15, -0.1) is 11.3 Å². The predicted octanol–water partition coefficient (Wildman–Crippen LogP) is 2.20. The standard InChI is InChI=1S/C19H30N4O2S/c1-15(2)23-6-3-4-19(17(23)24)5-7-21(14-19)13-16-12-20-18(26-16)22-8-10-25-11-9-22/h12,15H,3-11,13-14H2,1-2H3. The topological polar surface area (TPSA) is 48.9 Å². The number of thiazole rings is 1. The summed E-state index contributed by atoms with van der Waals surface area (Å²) in [5, 5.41) is 1.11. The van der Waals surface area contributed by atoms with E-state index >= 15 is 0 Å². The fourth-order valence-electron chi connectivity index (χ4n) is 4.56. The first-order chi connectivity index (χ1) is 12.6. The van der Waals surface area contributed by atoms with Crippen molar-refractivity contribution in [1.29, 1.82) is 0 Å². The van der Waals surface area contributed by atoms with E-state index in [4.69, 9.17) is 4.74 Å². The van der Waals surface area contributed by atoms with Gasteiger partial charge < -0.3 is 14.5 Å². The second-order valence-electron chi connectivity index (χ2n) is 8.15. The summed E-state index contributed by atoms with van der Waals surface area (Å²) in [5.41, 5.74) is -0.139. The van der Waals surface area contributed by atoms with E-state index in [2.05, 4.69) is 33.5 Å². The van der Waals surface area contributed by atoms with Crippen LogP contribution in [0.1, 0.15) is 38.0 Å². The third kappa shape index (κ3) is 3.49. The number of hydrogen-bond donors (Lipinski definition) is 0. The lowest BCUT2D eigenvalue weighted by molar-refractivity contribution is -0.147. The Bertz CT molecular complexity index is 643. The molecule has 0 aliphatic carbocycles. The molecule has 0 aromatic carbocycles. The number of carbonyl (C=O) groups excluding carboxylic acids is 1. The maximum atomic E-state index is 13.1. The molecule has 3 saturated heterocycles. The zero-order chi connectivity index (χ0) is 18.1. The van der Waals surface area contributed by atoms with E-state index in [9.17, 15) is 4.79 Å². The summed E-state index contributed by atoms with van der Waals surface area (Å²) in [4.78, 5) is 25.9. The molecule has 3 fully saturated rings. The third-order valence-corrected chi connectivity index (χ3v) is 7.07.